The van der Waals surface area contributed by atoms with Crippen molar-refractivity contribution in [2.45, 2.75) is 37.1 Å². The monoisotopic (exact) mass is 266 g/mol. The number of sulfonamides is 1. The Morgan fingerprint density at radius 2 is 2.11 bits per heavy atom. The van der Waals surface area contributed by atoms with Crippen LogP contribution >= 0.6 is 0 Å². The van der Waals surface area contributed by atoms with Crippen molar-refractivity contribution in [3.05, 3.63) is 23.8 Å². The van der Waals surface area contributed by atoms with E-state index in [2.05, 4.69) is 0 Å². The highest BCUT2D eigenvalue weighted by atomic mass is 32.2. The van der Waals surface area contributed by atoms with Gasteiger partial charge in [0.2, 0.25) is 10.0 Å². The van der Waals surface area contributed by atoms with E-state index in [1.54, 1.807) is 22.5 Å². The van der Waals surface area contributed by atoms with Gasteiger partial charge in [-0.15, -0.1) is 0 Å². The third kappa shape index (κ3) is 1.73. The predicted octanol–water partition coefficient (Wildman–Crippen LogP) is 1.75. The third-order valence-electron chi connectivity index (χ3n) is 4.16. The Kier molecular flexibility index (Phi) is 2.64. The number of nitrogen functional groups attached to an aromatic ring is 1. The van der Waals surface area contributed by atoms with Gasteiger partial charge in [-0.05, 0) is 49.8 Å². The van der Waals surface area contributed by atoms with Crippen LogP contribution < -0.4 is 5.73 Å². The second kappa shape index (κ2) is 3.96. The van der Waals surface area contributed by atoms with Crippen LogP contribution in [0.4, 0.5) is 5.69 Å². The van der Waals surface area contributed by atoms with Gasteiger partial charge in [0.15, 0.2) is 0 Å². The number of benzene rings is 1. The SMILES string of the molecule is Cc1ccc(N)cc1S(=O)(=O)N1CC2CCC1C2. The van der Waals surface area contributed by atoms with Crippen molar-refractivity contribution in [2.24, 2.45) is 5.92 Å². The average molecular weight is 266 g/mol. The number of fused-ring (bicyclic) bond motifs is 2. The van der Waals surface area contributed by atoms with E-state index in [9.17, 15) is 8.42 Å². The summed E-state index contributed by atoms with van der Waals surface area (Å²) in [5.74, 6) is 0.561. The predicted molar refractivity (Wildman–Crippen MR) is 70.6 cm³/mol. The summed E-state index contributed by atoms with van der Waals surface area (Å²) in [4.78, 5) is 0.370. The minimum absolute atomic E-state index is 0.209. The number of hydrogen-bond donors (Lipinski definition) is 1. The first-order valence-corrected chi connectivity index (χ1v) is 7.80. The summed E-state index contributed by atoms with van der Waals surface area (Å²) < 4.78 is 27.0. The topological polar surface area (TPSA) is 63.4 Å². The van der Waals surface area contributed by atoms with E-state index in [0.29, 0.717) is 23.0 Å². The summed E-state index contributed by atoms with van der Waals surface area (Å²) in [5, 5.41) is 0. The molecule has 0 aromatic heterocycles. The maximum Gasteiger partial charge on any atom is 0.243 e. The van der Waals surface area contributed by atoms with Gasteiger partial charge in [-0.1, -0.05) is 6.07 Å². The standard InChI is InChI=1S/C13H18N2O2S/c1-9-2-4-11(14)7-13(9)18(16,17)15-8-10-3-5-12(15)6-10/h2,4,7,10,12H,3,5-6,8,14H2,1H3. The Labute approximate surface area is 108 Å². The van der Waals surface area contributed by atoms with Crippen molar-refractivity contribution in [1.82, 2.24) is 4.31 Å². The zero-order chi connectivity index (χ0) is 12.9. The van der Waals surface area contributed by atoms with Crippen LogP contribution in [0.5, 0.6) is 0 Å². The van der Waals surface area contributed by atoms with Crippen LogP contribution in [0.15, 0.2) is 23.1 Å². The highest BCUT2D eigenvalue weighted by Crippen LogP contribution is 2.41. The third-order valence-corrected chi connectivity index (χ3v) is 6.22. The van der Waals surface area contributed by atoms with Gasteiger partial charge in [0, 0.05) is 18.3 Å². The summed E-state index contributed by atoms with van der Waals surface area (Å²) in [7, 11) is -3.37. The normalized spacial score (nSPS) is 27.8. The highest BCUT2D eigenvalue weighted by Gasteiger charge is 2.44. The van der Waals surface area contributed by atoms with Gasteiger partial charge >= 0.3 is 0 Å². The second-order valence-electron chi connectivity index (χ2n) is 5.43. The number of piperidine rings is 1. The van der Waals surface area contributed by atoms with Gasteiger partial charge in [-0.25, -0.2) is 8.42 Å². The molecule has 1 heterocycles. The lowest BCUT2D eigenvalue weighted by atomic mass is 10.1. The molecule has 0 amide bonds. The molecule has 1 aromatic rings. The molecule has 2 unspecified atom stereocenters. The molecule has 1 aromatic carbocycles. The molecule has 1 aliphatic heterocycles. The van der Waals surface area contributed by atoms with Crippen molar-refractivity contribution in [1.29, 1.82) is 0 Å². The number of rotatable bonds is 2. The molecule has 2 fully saturated rings. The maximum absolute atomic E-state index is 12.7. The van der Waals surface area contributed by atoms with E-state index < -0.39 is 10.0 Å². The summed E-state index contributed by atoms with van der Waals surface area (Å²) >= 11 is 0. The first-order chi connectivity index (χ1) is 8.48. The lowest BCUT2D eigenvalue weighted by Crippen LogP contribution is -2.37. The minimum atomic E-state index is -3.37. The molecule has 0 spiro atoms. The molecule has 4 nitrogen and oxygen atoms in total. The number of nitrogens with two attached hydrogens (primary N) is 1. The van der Waals surface area contributed by atoms with Gasteiger partial charge in [0.05, 0.1) is 4.90 Å². The van der Waals surface area contributed by atoms with Gasteiger partial charge in [0.25, 0.3) is 0 Å². The van der Waals surface area contributed by atoms with Crippen molar-refractivity contribution in [3.63, 3.8) is 0 Å². The van der Waals surface area contributed by atoms with Crippen LogP contribution in [0.3, 0.4) is 0 Å². The second-order valence-corrected chi connectivity index (χ2v) is 7.29. The lowest BCUT2D eigenvalue weighted by molar-refractivity contribution is 0.333. The molecule has 3 rings (SSSR count). The van der Waals surface area contributed by atoms with E-state index in [-0.39, 0.29) is 6.04 Å². The first kappa shape index (κ1) is 12.0. The van der Waals surface area contributed by atoms with E-state index in [1.165, 1.54) is 6.42 Å². The number of anilines is 1. The summed E-state index contributed by atoms with van der Waals surface area (Å²) in [6.07, 6.45) is 3.21. The Bertz CT molecular complexity index is 583. The fraction of sp³-hybridized carbons (Fsp3) is 0.538. The van der Waals surface area contributed by atoms with Crippen LogP contribution in [-0.2, 0) is 10.0 Å². The molecule has 1 saturated carbocycles. The van der Waals surface area contributed by atoms with Crippen LogP contribution in [0.25, 0.3) is 0 Å². The minimum Gasteiger partial charge on any atom is -0.399 e. The van der Waals surface area contributed by atoms with Crippen LogP contribution in [-0.4, -0.2) is 25.3 Å². The molecule has 98 valence electrons. The van der Waals surface area contributed by atoms with Crippen molar-refractivity contribution >= 4 is 15.7 Å². The highest BCUT2D eigenvalue weighted by molar-refractivity contribution is 7.89. The molecule has 2 N–H and O–H groups in total. The molecule has 5 heteroatoms. The summed E-state index contributed by atoms with van der Waals surface area (Å²) in [5.41, 5.74) is 6.99. The Morgan fingerprint density at radius 1 is 1.33 bits per heavy atom. The Hall–Kier alpha value is -1.07. The van der Waals surface area contributed by atoms with Crippen molar-refractivity contribution < 1.29 is 8.42 Å². The fourth-order valence-electron chi connectivity index (χ4n) is 3.19. The number of aryl methyl sites for hydroxylation is 1. The van der Waals surface area contributed by atoms with Crippen molar-refractivity contribution in [3.8, 4) is 0 Å². The van der Waals surface area contributed by atoms with Crippen LogP contribution in [0, 0.1) is 12.8 Å². The molecule has 0 radical (unpaired) electrons. The molecule has 2 aliphatic rings. The number of nitrogens with zero attached hydrogens (tertiary/aromatic N) is 1. The van der Waals surface area contributed by atoms with E-state index in [1.807, 2.05) is 6.92 Å². The lowest BCUT2D eigenvalue weighted by Gasteiger charge is -2.26. The van der Waals surface area contributed by atoms with Crippen LogP contribution in [0.1, 0.15) is 24.8 Å². The van der Waals surface area contributed by atoms with Gasteiger partial charge < -0.3 is 5.73 Å². The van der Waals surface area contributed by atoms with Crippen molar-refractivity contribution in [2.75, 3.05) is 12.3 Å². The quantitative estimate of drug-likeness (QED) is 0.829. The fourth-order valence-corrected chi connectivity index (χ4v) is 5.20. The molecular formula is C13H18N2O2S. The molecule has 18 heavy (non-hydrogen) atoms. The summed E-state index contributed by atoms with van der Waals surface area (Å²) in [6, 6.07) is 5.30. The van der Waals surface area contributed by atoms with E-state index in [0.717, 1.165) is 18.4 Å². The molecule has 2 bridgehead atoms. The summed E-state index contributed by atoms with van der Waals surface area (Å²) in [6.45, 7) is 2.50. The maximum atomic E-state index is 12.7. The van der Waals surface area contributed by atoms with Crippen LogP contribution in [0.2, 0.25) is 0 Å². The smallest absolute Gasteiger partial charge is 0.243 e. The van der Waals surface area contributed by atoms with E-state index in [4.69, 9.17) is 5.73 Å². The largest absolute Gasteiger partial charge is 0.399 e. The van der Waals surface area contributed by atoms with Gasteiger partial charge in [0.1, 0.15) is 0 Å². The van der Waals surface area contributed by atoms with E-state index >= 15 is 0 Å². The van der Waals surface area contributed by atoms with Gasteiger partial charge in [-0.2, -0.15) is 4.31 Å². The average Bonchev–Trinajstić information content (AvgIpc) is 2.94. The first-order valence-electron chi connectivity index (χ1n) is 6.36. The zero-order valence-electron chi connectivity index (χ0n) is 10.5. The molecule has 1 aliphatic carbocycles. The molecular weight excluding hydrogens is 248 g/mol. The Morgan fingerprint density at radius 3 is 2.72 bits per heavy atom. The zero-order valence-corrected chi connectivity index (χ0v) is 11.3. The number of hydrogen-bond acceptors (Lipinski definition) is 3. The molecule has 2 atom stereocenters. The molecule has 1 saturated heterocycles. The Balaban J connectivity index is 2.02. The van der Waals surface area contributed by atoms with Gasteiger partial charge in [-0.3, -0.25) is 0 Å².